The first-order valence-corrected chi connectivity index (χ1v) is 30.7. The lowest BCUT2D eigenvalue weighted by Crippen LogP contribution is -2.30. The standard InChI is InChI=1S/C69H112O6/c1-4-7-10-13-16-19-22-25-28-29-30-31-32-33-34-35-36-37-38-39-42-44-47-50-53-56-59-62-68(71)74-65-66(75-69(72)63-60-57-54-51-48-45-41-27-24-21-18-15-12-9-6-3)64-73-67(70)61-58-55-52-49-46-43-40-26-23-20-17-14-11-8-5-2/h8-9,11-12,17-18,20-21,26-27,29-30,40-41,46,48-49,51,55,57-58,60,66H,4-7,10,13-16,19,22-25,28,31-39,42-45,47,50,52-54,56,59,61-65H2,1-3H3/b11-8-,12-9-,20-17-,21-18-,30-29-,40-26-,41-27-,49-46-,51-48-,58-55-,60-57-. The molecular formula is C69H112O6. The average Bonchev–Trinajstić information content (AvgIpc) is 3.41. The molecule has 0 aliphatic carbocycles. The van der Waals surface area contributed by atoms with Gasteiger partial charge in [0.2, 0.25) is 0 Å². The summed E-state index contributed by atoms with van der Waals surface area (Å²) >= 11 is 0. The van der Waals surface area contributed by atoms with Crippen LogP contribution in [0.4, 0.5) is 0 Å². The summed E-state index contributed by atoms with van der Waals surface area (Å²) in [5.74, 6) is -1.22. The van der Waals surface area contributed by atoms with Crippen LogP contribution in [0.3, 0.4) is 0 Å². The summed E-state index contributed by atoms with van der Waals surface area (Å²) in [4.78, 5) is 38.1. The van der Waals surface area contributed by atoms with Crippen molar-refractivity contribution in [1.82, 2.24) is 0 Å². The fourth-order valence-electron chi connectivity index (χ4n) is 8.18. The number of carbonyl (C=O) groups is 3. The Morgan fingerprint density at radius 1 is 0.293 bits per heavy atom. The molecule has 0 rings (SSSR count). The number of hydrogen-bond acceptors (Lipinski definition) is 6. The molecular weight excluding hydrogens is 925 g/mol. The second-order valence-electron chi connectivity index (χ2n) is 19.9. The van der Waals surface area contributed by atoms with Gasteiger partial charge in [0.25, 0.3) is 0 Å². The highest BCUT2D eigenvalue weighted by Crippen LogP contribution is 2.16. The van der Waals surface area contributed by atoms with Gasteiger partial charge in [0, 0.05) is 6.42 Å². The largest absolute Gasteiger partial charge is 0.462 e. The molecule has 0 N–H and O–H groups in total. The van der Waals surface area contributed by atoms with E-state index >= 15 is 0 Å². The summed E-state index contributed by atoms with van der Waals surface area (Å²) in [6.07, 6.45) is 88.1. The Labute approximate surface area is 462 Å². The summed E-state index contributed by atoms with van der Waals surface area (Å²) in [7, 11) is 0. The molecule has 0 fully saturated rings. The molecule has 0 radical (unpaired) electrons. The van der Waals surface area contributed by atoms with E-state index in [1.54, 1.807) is 12.2 Å². The number of carbonyl (C=O) groups excluding carboxylic acids is 3. The van der Waals surface area contributed by atoms with Crippen molar-refractivity contribution in [3.8, 4) is 0 Å². The summed E-state index contributed by atoms with van der Waals surface area (Å²) in [5, 5.41) is 0. The van der Waals surface area contributed by atoms with E-state index in [4.69, 9.17) is 14.2 Å². The smallest absolute Gasteiger partial charge is 0.310 e. The van der Waals surface area contributed by atoms with Crippen molar-refractivity contribution in [3.05, 3.63) is 134 Å². The number of allylic oxidation sites excluding steroid dienone is 20. The number of rotatable bonds is 54. The maximum Gasteiger partial charge on any atom is 0.310 e. The lowest BCUT2D eigenvalue weighted by molar-refractivity contribution is -0.166. The predicted octanol–water partition coefficient (Wildman–Crippen LogP) is 21.0. The maximum absolute atomic E-state index is 12.8. The van der Waals surface area contributed by atoms with Gasteiger partial charge in [-0.1, -0.05) is 283 Å². The van der Waals surface area contributed by atoms with E-state index < -0.39 is 18.0 Å². The molecule has 1 atom stereocenters. The number of esters is 3. The monoisotopic (exact) mass is 1040 g/mol. The third kappa shape index (κ3) is 60.3. The molecule has 0 aromatic rings. The molecule has 0 saturated carbocycles. The van der Waals surface area contributed by atoms with Crippen molar-refractivity contribution in [2.75, 3.05) is 13.2 Å². The molecule has 0 saturated heterocycles. The van der Waals surface area contributed by atoms with E-state index in [2.05, 4.69) is 130 Å². The van der Waals surface area contributed by atoms with Gasteiger partial charge in [-0.25, -0.2) is 0 Å². The second kappa shape index (κ2) is 62.1. The van der Waals surface area contributed by atoms with E-state index in [0.29, 0.717) is 12.8 Å². The zero-order valence-electron chi connectivity index (χ0n) is 48.5. The van der Waals surface area contributed by atoms with E-state index in [9.17, 15) is 14.4 Å². The maximum atomic E-state index is 12.8. The van der Waals surface area contributed by atoms with Gasteiger partial charge >= 0.3 is 17.9 Å². The summed E-state index contributed by atoms with van der Waals surface area (Å²) in [6, 6.07) is 0. The number of hydrogen-bond donors (Lipinski definition) is 0. The lowest BCUT2D eigenvalue weighted by Gasteiger charge is -2.17. The van der Waals surface area contributed by atoms with E-state index in [0.717, 1.165) is 77.0 Å². The first-order chi connectivity index (χ1) is 37.0. The highest BCUT2D eigenvalue weighted by molar-refractivity contribution is 5.72. The normalized spacial score (nSPS) is 13.1. The molecule has 0 aromatic heterocycles. The average molecular weight is 1040 g/mol. The lowest BCUT2D eigenvalue weighted by atomic mass is 10.0. The predicted molar refractivity (Wildman–Crippen MR) is 325 cm³/mol. The zero-order valence-corrected chi connectivity index (χ0v) is 48.5. The van der Waals surface area contributed by atoms with Gasteiger partial charge in [0.15, 0.2) is 6.10 Å². The topological polar surface area (TPSA) is 78.9 Å². The third-order valence-electron chi connectivity index (χ3n) is 12.7. The number of unbranched alkanes of at least 4 members (excludes halogenated alkanes) is 23. The van der Waals surface area contributed by atoms with Gasteiger partial charge in [-0.15, -0.1) is 0 Å². The van der Waals surface area contributed by atoms with Crippen LogP contribution < -0.4 is 0 Å². The fraction of sp³-hybridized carbons (Fsp3) is 0.638. The fourth-order valence-corrected chi connectivity index (χ4v) is 8.18. The van der Waals surface area contributed by atoms with E-state index in [1.807, 2.05) is 12.2 Å². The minimum Gasteiger partial charge on any atom is -0.462 e. The molecule has 0 bridgehead atoms. The number of ether oxygens (including phenoxy) is 3. The van der Waals surface area contributed by atoms with Crippen LogP contribution in [-0.4, -0.2) is 37.2 Å². The first kappa shape index (κ1) is 70.5. The van der Waals surface area contributed by atoms with Gasteiger partial charge < -0.3 is 14.2 Å². The van der Waals surface area contributed by atoms with Crippen molar-refractivity contribution >= 4 is 17.9 Å². The Kier molecular flexibility index (Phi) is 58.4. The minimum atomic E-state index is -0.877. The van der Waals surface area contributed by atoms with Gasteiger partial charge in [-0.2, -0.15) is 0 Å². The van der Waals surface area contributed by atoms with Crippen LogP contribution in [0, 0.1) is 0 Å². The Morgan fingerprint density at radius 3 is 0.920 bits per heavy atom. The Morgan fingerprint density at radius 2 is 0.573 bits per heavy atom. The SMILES string of the molecule is CC/C=C\C/C=C\C/C=C\C/C=C\C/C=C\CC(=O)OCC(COC(=O)CCCCCCCCCCCCCCCCC/C=C\CCCCCCCCCC)OC(=O)C/C=C\C/C=C\C/C=C\C/C=C\C/C=C\CC. The molecule has 0 spiro atoms. The van der Waals surface area contributed by atoms with E-state index in [1.165, 1.54) is 141 Å². The van der Waals surface area contributed by atoms with E-state index in [-0.39, 0.29) is 32.0 Å². The molecule has 0 heterocycles. The second-order valence-corrected chi connectivity index (χ2v) is 19.9. The molecule has 1 unspecified atom stereocenters. The molecule has 0 aromatic carbocycles. The zero-order chi connectivity index (χ0) is 54.3. The summed E-state index contributed by atoms with van der Waals surface area (Å²) < 4.78 is 16.7. The van der Waals surface area contributed by atoms with Crippen LogP contribution in [0.25, 0.3) is 0 Å². The van der Waals surface area contributed by atoms with Crippen LogP contribution >= 0.6 is 0 Å². The molecule has 0 amide bonds. The molecule has 424 valence electrons. The first-order valence-electron chi connectivity index (χ1n) is 30.7. The third-order valence-corrected chi connectivity index (χ3v) is 12.7. The molecule has 75 heavy (non-hydrogen) atoms. The molecule has 6 heteroatoms. The Balaban J connectivity index is 4.41. The summed E-state index contributed by atoms with van der Waals surface area (Å²) in [6.45, 7) is 6.24. The highest BCUT2D eigenvalue weighted by Gasteiger charge is 2.19. The van der Waals surface area contributed by atoms with Crippen molar-refractivity contribution in [3.63, 3.8) is 0 Å². The Hall–Kier alpha value is -4.45. The van der Waals surface area contributed by atoms with Crippen molar-refractivity contribution in [2.45, 2.75) is 271 Å². The van der Waals surface area contributed by atoms with Crippen LogP contribution in [-0.2, 0) is 28.6 Å². The Bertz CT molecular complexity index is 1620. The molecule has 0 aliphatic rings. The highest BCUT2D eigenvalue weighted by atomic mass is 16.6. The molecule has 0 aliphatic heterocycles. The summed E-state index contributed by atoms with van der Waals surface area (Å²) in [5.41, 5.74) is 0. The van der Waals surface area contributed by atoms with Gasteiger partial charge in [0.1, 0.15) is 13.2 Å². The van der Waals surface area contributed by atoms with Crippen LogP contribution in [0.2, 0.25) is 0 Å². The molecule has 6 nitrogen and oxygen atoms in total. The van der Waals surface area contributed by atoms with Crippen LogP contribution in [0.1, 0.15) is 265 Å². The minimum absolute atomic E-state index is 0.0734. The van der Waals surface area contributed by atoms with Gasteiger partial charge in [-0.05, 0) is 96.3 Å². The van der Waals surface area contributed by atoms with Crippen molar-refractivity contribution < 1.29 is 28.6 Å². The van der Waals surface area contributed by atoms with Crippen molar-refractivity contribution in [2.24, 2.45) is 0 Å². The van der Waals surface area contributed by atoms with Gasteiger partial charge in [0.05, 0.1) is 12.8 Å². The van der Waals surface area contributed by atoms with Crippen LogP contribution in [0.15, 0.2) is 134 Å². The quantitative estimate of drug-likeness (QED) is 0.0261. The van der Waals surface area contributed by atoms with Gasteiger partial charge in [-0.3, -0.25) is 14.4 Å². The van der Waals surface area contributed by atoms with Crippen LogP contribution in [0.5, 0.6) is 0 Å². The van der Waals surface area contributed by atoms with Crippen molar-refractivity contribution in [1.29, 1.82) is 0 Å².